The highest BCUT2D eigenvalue weighted by atomic mass is 35.5. The van der Waals surface area contributed by atoms with Crippen molar-refractivity contribution in [3.63, 3.8) is 0 Å². The van der Waals surface area contributed by atoms with Crippen molar-refractivity contribution in [1.29, 1.82) is 0 Å². The van der Waals surface area contributed by atoms with Crippen LogP contribution in [-0.2, 0) is 4.74 Å². The molecule has 0 radical (unpaired) electrons. The Kier molecular flexibility index (Phi) is 4.70. The molecule has 0 bridgehead atoms. The van der Waals surface area contributed by atoms with Gasteiger partial charge in [0, 0.05) is 22.1 Å². The van der Waals surface area contributed by atoms with Crippen molar-refractivity contribution >= 4 is 34.6 Å². The molecule has 0 unspecified atom stereocenters. The molecule has 0 aromatic heterocycles. The zero-order valence-corrected chi connectivity index (χ0v) is 12.7. The summed E-state index contributed by atoms with van der Waals surface area (Å²) in [5.74, 6) is -0.429. The maximum atomic E-state index is 11.8. The Morgan fingerprint density at radius 2 is 2.05 bits per heavy atom. The molecule has 2 aromatic rings. The second kappa shape index (κ2) is 6.50. The van der Waals surface area contributed by atoms with Crippen molar-refractivity contribution < 1.29 is 9.53 Å². The van der Waals surface area contributed by atoms with E-state index in [4.69, 9.17) is 22.1 Å². The molecule has 0 saturated carbocycles. The second-order valence-corrected chi connectivity index (χ2v) is 5.04. The van der Waals surface area contributed by atoms with Gasteiger partial charge in [0.05, 0.1) is 12.2 Å². The fourth-order valence-corrected chi connectivity index (χ4v) is 2.08. The van der Waals surface area contributed by atoms with E-state index in [1.54, 1.807) is 25.1 Å². The lowest BCUT2D eigenvalue weighted by Gasteiger charge is -2.12. The SMILES string of the molecule is CCOC(=O)c1cc(Nc2cc(Cl)ccc2C)ccc1N. The molecule has 3 N–H and O–H groups in total. The number of ether oxygens (including phenoxy) is 1. The van der Waals surface area contributed by atoms with Crippen LogP contribution in [0.5, 0.6) is 0 Å². The highest BCUT2D eigenvalue weighted by molar-refractivity contribution is 6.30. The van der Waals surface area contributed by atoms with E-state index in [1.807, 2.05) is 25.1 Å². The molecule has 0 saturated heterocycles. The molecule has 110 valence electrons. The molecule has 0 spiro atoms. The van der Waals surface area contributed by atoms with E-state index in [9.17, 15) is 4.79 Å². The van der Waals surface area contributed by atoms with E-state index in [0.717, 1.165) is 16.9 Å². The van der Waals surface area contributed by atoms with Crippen LogP contribution in [0.3, 0.4) is 0 Å². The molecule has 4 nitrogen and oxygen atoms in total. The molecule has 0 aliphatic heterocycles. The first-order chi connectivity index (χ1) is 10.0. The van der Waals surface area contributed by atoms with Crippen molar-refractivity contribution in [2.75, 3.05) is 17.7 Å². The first kappa shape index (κ1) is 15.2. The Hall–Kier alpha value is -2.20. The van der Waals surface area contributed by atoms with Gasteiger partial charge in [0.2, 0.25) is 0 Å². The number of hydrogen-bond acceptors (Lipinski definition) is 4. The quantitative estimate of drug-likeness (QED) is 0.658. The zero-order valence-electron chi connectivity index (χ0n) is 11.9. The highest BCUT2D eigenvalue weighted by Crippen LogP contribution is 2.26. The highest BCUT2D eigenvalue weighted by Gasteiger charge is 2.12. The van der Waals surface area contributed by atoms with Gasteiger partial charge in [-0.05, 0) is 49.7 Å². The van der Waals surface area contributed by atoms with E-state index in [2.05, 4.69) is 5.32 Å². The van der Waals surface area contributed by atoms with Crippen molar-refractivity contribution in [1.82, 2.24) is 0 Å². The zero-order chi connectivity index (χ0) is 15.4. The van der Waals surface area contributed by atoms with Crippen molar-refractivity contribution in [3.05, 3.63) is 52.5 Å². The van der Waals surface area contributed by atoms with Crippen LogP contribution in [0.2, 0.25) is 5.02 Å². The Labute approximate surface area is 128 Å². The maximum absolute atomic E-state index is 11.8. The molecule has 0 amide bonds. The van der Waals surface area contributed by atoms with Crippen molar-refractivity contribution in [2.24, 2.45) is 0 Å². The van der Waals surface area contributed by atoms with Gasteiger partial charge in [-0.15, -0.1) is 0 Å². The molecular formula is C16H17ClN2O2. The van der Waals surface area contributed by atoms with Crippen LogP contribution >= 0.6 is 11.6 Å². The van der Waals surface area contributed by atoms with Crippen LogP contribution in [0.15, 0.2) is 36.4 Å². The Bertz CT molecular complexity index is 671. The van der Waals surface area contributed by atoms with Gasteiger partial charge in [-0.1, -0.05) is 17.7 Å². The Morgan fingerprint density at radius 3 is 2.76 bits per heavy atom. The summed E-state index contributed by atoms with van der Waals surface area (Å²) < 4.78 is 4.99. The van der Waals surface area contributed by atoms with E-state index < -0.39 is 5.97 Å². The van der Waals surface area contributed by atoms with Crippen molar-refractivity contribution in [3.8, 4) is 0 Å². The number of halogens is 1. The lowest BCUT2D eigenvalue weighted by atomic mass is 10.1. The minimum atomic E-state index is -0.429. The second-order valence-electron chi connectivity index (χ2n) is 4.61. The van der Waals surface area contributed by atoms with Gasteiger partial charge < -0.3 is 15.8 Å². The minimum absolute atomic E-state index is 0.309. The summed E-state index contributed by atoms with van der Waals surface area (Å²) >= 11 is 6.00. The molecule has 21 heavy (non-hydrogen) atoms. The number of nitrogens with one attached hydrogen (secondary N) is 1. The number of anilines is 3. The van der Waals surface area contributed by atoms with Crippen LogP contribution in [0.4, 0.5) is 17.1 Å². The molecule has 5 heteroatoms. The van der Waals surface area contributed by atoms with Crippen molar-refractivity contribution in [2.45, 2.75) is 13.8 Å². The van der Waals surface area contributed by atoms with Crippen LogP contribution in [0.1, 0.15) is 22.8 Å². The summed E-state index contributed by atoms with van der Waals surface area (Å²) in [5, 5.41) is 3.87. The van der Waals surface area contributed by atoms with Crippen LogP contribution < -0.4 is 11.1 Å². The fourth-order valence-electron chi connectivity index (χ4n) is 1.90. The average molecular weight is 305 g/mol. The van der Waals surface area contributed by atoms with Gasteiger partial charge in [-0.2, -0.15) is 0 Å². The van der Waals surface area contributed by atoms with Crippen LogP contribution in [-0.4, -0.2) is 12.6 Å². The number of aryl methyl sites for hydroxylation is 1. The number of nitrogen functional groups attached to an aromatic ring is 1. The molecule has 0 aliphatic carbocycles. The summed E-state index contributed by atoms with van der Waals surface area (Å²) in [7, 11) is 0. The molecule has 2 aromatic carbocycles. The minimum Gasteiger partial charge on any atom is -0.462 e. The third-order valence-corrected chi connectivity index (χ3v) is 3.26. The number of hydrogen-bond donors (Lipinski definition) is 2. The number of carbonyl (C=O) groups excluding carboxylic acids is 1. The monoisotopic (exact) mass is 304 g/mol. The normalized spacial score (nSPS) is 10.2. The summed E-state index contributed by atoms with van der Waals surface area (Å²) in [6.07, 6.45) is 0. The number of esters is 1. The smallest absolute Gasteiger partial charge is 0.340 e. The van der Waals surface area contributed by atoms with Crippen LogP contribution in [0, 0.1) is 6.92 Å². The number of benzene rings is 2. The molecule has 2 rings (SSSR count). The van der Waals surface area contributed by atoms with Gasteiger partial charge in [-0.3, -0.25) is 0 Å². The number of carbonyl (C=O) groups is 1. The number of rotatable bonds is 4. The third-order valence-electron chi connectivity index (χ3n) is 3.03. The predicted octanol–water partition coefficient (Wildman–Crippen LogP) is 4.15. The fraction of sp³-hybridized carbons (Fsp3) is 0.188. The summed E-state index contributed by atoms with van der Waals surface area (Å²) in [4.78, 5) is 11.8. The van der Waals surface area contributed by atoms with E-state index in [1.165, 1.54) is 0 Å². The van der Waals surface area contributed by atoms with Gasteiger partial charge in [-0.25, -0.2) is 4.79 Å². The molecular weight excluding hydrogens is 288 g/mol. The summed E-state index contributed by atoms with van der Waals surface area (Å²) in [6, 6.07) is 10.7. The van der Waals surface area contributed by atoms with Crippen LogP contribution in [0.25, 0.3) is 0 Å². The standard InChI is InChI=1S/C16H17ClN2O2/c1-3-21-16(20)13-9-12(6-7-14(13)18)19-15-8-11(17)5-4-10(15)2/h4-9,19H,3,18H2,1-2H3. The Balaban J connectivity index is 2.31. The van der Waals surface area contributed by atoms with E-state index in [0.29, 0.717) is 22.9 Å². The first-order valence-corrected chi connectivity index (χ1v) is 6.99. The summed E-state index contributed by atoms with van der Waals surface area (Å²) in [5.41, 5.74) is 9.23. The predicted molar refractivity (Wildman–Crippen MR) is 86.3 cm³/mol. The van der Waals surface area contributed by atoms with Gasteiger partial charge in [0.15, 0.2) is 0 Å². The maximum Gasteiger partial charge on any atom is 0.340 e. The largest absolute Gasteiger partial charge is 0.462 e. The molecule has 0 heterocycles. The lowest BCUT2D eigenvalue weighted by molar-refractivity contribution is 0.0527. The average Bonchev–Trinajstić information content (AvgIpc) is 2.45. The Morgan fingerprint density at radius 1 is 1.29 bits per heavy atom. The van der Waals surface area contributed by atoms with Gasteiger partial charge in [0.1, 0.15) is 0 Å². The summed E-state index contributed by atoms with van der Waals surface area (Å²) in [6.45, 7) is 4.04. The van der Waals surface area contributed by atoms with E-state index >= 15 is 0 Å². The lowest BCUT2D eigenvalue weighted by Crippen LogP contribution is -2.08. The molecule has 0 atom stereocenters. The molecule has 0 fully saturated rings. The van der Waals surface area contributed by atoms with Gasteiger partial charge >= 0.3 is 5.97 Å². The molecule has 0 aliphatic rings. The van der Waals surface area contributed by atoms with Gasteiger partial charge in [0.25, 0.3) is 0 Å². The topological polar surface area (TPSA) is 64.3 Å². The number of nitrogens with two attached hydrogens (primary N) is 1. The third kappa shape index (κ3) is 3.67. The van der Waals surface area contributed by atoms with E-state index in [-0.39, 0.29) is 0 Å². The first-order valence-electron chi connectivity index (χ1n) is 6.61.